The minimum absolute atomic E-state index is 0.0121. The van der Waals surface area contributed by atoms with E-state index in [-0.39, 0.29) is 67.1 Å². The van der Waals surface area contributed by atoms with Gasteiger partial charge in [0.25, 0.3) is 11.8 Å². The summed E-state index contributed by atoms with van der Waals surface area (Å²) in [6, 6.07) is 40.7. The molecule has 6 aromatic rings. The van der Waals surface area contributed by atoms with Crippen molar-refractivity contribution in [1.29, 1.82) is 0 Å². The first-order valence-electron chi connectivity index (χ1n) is 34.1. The highest BCUT2D eigenvalue weighted by Gasteiger charge is 2.50. The Labute approximate surface area is 571 Å². The van der Waals surface area contributed by atoms with E-state index in [0.717, 1.165) is 119 Å². The lowest BCUT2D eigenvalue weighted by Crippen LogP contribution is -2.49. The van der Waals surface area contributed by atoms with Gasteiger partial charge < -0.3 is 43.6 Å². The van der Waals surface area contributed by atoms with Crippen LogP contribution in [0, 0.1) is 5.82 Å². The molecule has 4 aliphatic rings. The van der Waals surface area contributed by atoms with Crippen LogP contribution in [-0.4, -0.2) is 172 Å². The van der Waals surface area contributed by atoms with E-state index in [1.54, 1.807) is 31.0 Å². The average molecular weight is 1360 g/mol. The van der Waals surface area contributed by atoms with Gasteiger partial charge in [0.2, 0.25) is 11.8 Å². The number of carbonyl (C=O) groups is 5. The maximum absolute atomic E-state index is 13.9. The molecule has 0 aromatic heterocycles. The molecule has 98 heavy (non-hydrogen) atoms. The van der Waals surface area contributed by atoms with Crippen LogP contribution in [0.5, 0.6) is 0 Å². The lowest BCUT2D eigenvalue weighted by Gasteiger charge is -2.44. The molecule has 3 heterocycles. The van der Waals surface area contributed by atoms with Crippen LogP contribution >= 0.6 is 0 Å². The number of methoxy groups -OCH3 is 1. The fraction of sp³-hybridized carbons (Fsp3) is 0.468. The van der Waals surface area contributed by atoms with Gasteiger partial charge in [0, 0.05) is 103 Å². The number of unbranched alkanes of at least 4 members (excludes halogenated alkanes) is 3. The lowest BCUT2D eigenvalue weighted by molar-refractivity contribution is -0.150. The van der Waals surface area contributed by atoms with Crippen LogP contribution in [-0.2, 0) is 71.2 Å². The minimum atomic E-state index is -5.09. The molecule has 4 amide bonds. The second-order valence-electron chi connectivity index (χ2n) is 26.5. The van der Waals surface area contributed by atoms with Crippen LogP contribution in [0.4, 0.5) is 30.7 Å². The van der Waals surface area contributed by atoms with Crippen molar-refractivity contribution in [3.63, 3.8) is 0 Å². The first-order valence-corrected chi connectivity index (χ1v) is 34.1. The van der Waals surface area contributed by atoms with Gasteiger partial charge >= 0.3 is 18.3 Å². The van der Waals surface area contributed by atoms with Crippen LogP contribution < -0.4 is 0 Å². The Bertz CT molecular complexity index is 3600. The number of rotatable bonds is 25. The van der Waals surface area contributed by atoms with Crippen LogP contribution in [0.1, 0.15) is 137 Å². The zero-order chi connectivity index (χ0) is 70.2. The highest BCUT2D eigenvalue weighted by molar-refractivity contribution is 5.95. The summed E-state index contributed by atoms with van der Waals surface area (Å²) in [6.45, 7) is 7.66. The normalized spacial score (nSPS) is 18.0. The molecule has 526 valence electrons. The van der Waals surface area contributed by atoms with Crippen LogP contribution in [0.2, 0.25) is 0 Å². The number of nitrogens with zero attached hydrogens (tertiary/aromatic N) is 6. The van der Waals surface area contributed by atoms with Gasteiger partial charge in [0.15, 0.2) is 0 Å². The fourth-order valence-electron chi connectivity index (χ4n) is 14.0. The van der Waals surface area contributed by atoms with E-state index < -0.39 is 46.4 Å². The number of hydrogen-bond donors (Lipinski definition) is 0. The summed E-state index contributed by atoms with van der Waals surface area (Å²) in [4.78, 5) is 74.5. The molecule has 3 aliphatic heterocycles. The van der Waals surface area contributed by atoms with Crippen molar-refractivity contribution in [2.75, 3.05) is 100 Å². The topological polar surface area (TPSA) is 132 Å². The molecule has 0 N–H and O–H groups in total. The van der Waals surface area contributed by atoms with Crippen LogP contribution in [0.15, 0.2) is 146 Å². The predicted octanol–water partition coefficient (Wildman–Crippen LogP) is 13.7. The van der Waals surface area contributed by atoms with Gasteiger partial charge in [-0.15, -0.1) is 0 Å². The number of fused-ring (bicyclic) bond motifs is 2. The number of halogens is 7. The van der Waals surface area contributed by atoms with E-state index in [2.05, 4.69) is 40.1 Å². The number of likely N-dealkylation sites (tertiary alicyclic amines) is 2. The van der Waals surface area contributed by atoms with Gasteiger partial charge in [-0.25, -0.2) is 4.39 Å². The molecule has 3 fully saturated rings. The zero-order valence-corrected chi connectivity index (χ0v) is 56.8. The lowest BCUT2D eigenvalue weighted by atomic mass is 9.72. The first kappa shape index (κ1) is 74.2. The van der Waals surface area contributed by atoms with Gasteiger partial charge in [-0.3, -0.25) is 24.0 Å². The SMILES string of the molecule is CCC(=O)N(C)CCN(C)C(=O)c1ccc(CCCCCCC(=O)N(C)CCN2CCC(OC(=O)Cc3ccccc3-c3ccccc3)CC2)cc1.CO[C@H]1Cc2ccccc2C12CCN(CC[C@@]1(c3ccc(F)cc3)CN(C(=O)c3cc(C(F)(F)F)cc(C(F)(F)F)c3)CO1)CC2. The van der Waals surface area contributed by atoms with E-state index in [1.807, 2.05) is 91.7 Å². The molecule has 2 atom stereocenters. The summed E-state index contributed by atoms with van der Waals surface area (Å²) >= 11 is 0. The molecule has 0 saturated carbocycles. The average Bonchev–Trinajstić information content (AvgIpc) is 1.58. The zero-order valence-electron chi connectivity index (χ0n) is 56.8. The Kier molecular flexibility index (Phi) is 25.5. The number of likely N-dealkylation sites (N-methyl/N-ethyl adjacent to an activating group) is 3. The van der Waals surface area contributed by atoms with E-state index in [1.165, 1.54) is 41.0 Å². The summed E-state index contributed by atoms with van der Waals surface area (Å²) in [5.74, 6) is -1.47. The quantitative estimate of drug-likeness (QED) is 0.0310. The maximum Gasteiger partial charge on any atom is 0.416 e. The third-order valence-electron chi connectivity index (χ3n) is 20.0. The van der Waals surface area contributed by atoms with Crippen molar-refractivity contribution >= 4 is 29.6 Å². The second kappa shape index (κ2) is 33.7. The van der Waals surface area contributed by atoms with E-state index in [4.69, 9.17) is 14.2 Å². The number of ether oxygens (including phenoxy) is 3. The van der Waals surface area contributed by atoms with E-state index >= 15 is 0 Å². The number of esters is 1. The molecule has 0 radical (unpaired) electrons. The Balaban J connectivity index is 0.000000231. The number of alkyl halides is 6. The molecule has 21 heteroatoms. The molecule has 1 aliphatic carbocycles. The third kappa shape index (κ3) is 19.3. The molecule has 3 saturated heterocycles. The molecule has 1 spiro atoms. The predicted molar refractivity (Wildman–Crippen MR) is 361 cm³/mol. The highest BCUT2D eigenvalue weighted by Crippen LogP contribution is 2.48. The number of benzene rings is 6. The molecule has 14 nitrogen and oxygen atoms in total. The summed E-state index contributed by atoms with van der Waals surface area (Å²) < 4.78 is 113. The Morgan fingerprint density at radius 1 is 0.643 bits per heavy atom. The molecule has 6 aromatic carbocycles. The van der Waals surface area contributed by atoms with Crippen molar-refractivity contribution in [3.8, 4) is 11.1 Å². The van der Waals surface area contributed by atoms with Gasteiger partial charge in [0.1, 0.15) is 24.3 Å². The number of aryl methyl sites for hydroxylation is 1. The van der Waals surface area contributed by atoms with Gasteiger partial charge in [-0.1, -0.05) is 123 Å². The van der Waals surface area contributed by atoms with Crippen LogP contribution in [0.3, 0.4) is 0 Å². The Morgan fingerprint density at radius 2 is 1.26 bits per heavy atom. The van der Waals surface area contributed by atoms with Crippen molar-refractivity contribution in [2.24, 2.45) is 0 Å². The molecule has 0 bridgehead atoms. The van der Waals surface area contributed by atoms with Crippen molar-refractivity contribution in [3.05, 3.63) is 201 Å². The van der Waals surface area contributed by atoms with E-state index in [0.29, 0.717) is 68.7 Å². The third-order valence-corrected chi connectivity index (χ3v) is 20.0. The minimum Gasteiger partial charge on any atom is -0.462 e. The fourth-order valence-corrected chi connectivity index (χ4v) is 14.0. The molecule has 0 unspecified atom stereocenters. The monoisotopic (exact) mass is 1360 g/mol. The van der Waals surface area contributed by atoms with Gasteiger partial charge in [-0.05, 0) is 152 Å². The number of piperidine rings is 2. The summed E-state index contributed by atoms with van der Waals surface area (Å²) in [5.41, 5.74) is 3.05. The Hall–Kier alpha value is -7.98. The summed E-state index contributed by atoms with van der Waals surface area (Å²) in [7, 11) is 7.16. The van der Waals surface area contributed by atoms with Gasteiger partial charge in [-0.2, -0.15) is 26.3 Å². The Morgan fingerprint density at radius 3 is 1.92 bits per heavy atom. The summed E-state index contributed by atoms with van der Waals surface area (Å²) in [5, 5.41) is 0. The standard InChI is InChI=1S/C43H58N4O5.C34H33F7N2O3/c1-5-40(48)44(2)29-30-46(4)43(51)36-23-21-34(22-24-36)15-9-6-7-12-20-41(49)45(3)31-32-47-27-25-38(26-28-47)52-42(50)33-37-18-13-14-19-39(37)35-16-10-8-11-17-35;1-45-29-18-22-4-2-3-5-28(22)31(29)10-13-42(14-11-31)15-12-32(24-6-8-27(35)9-7-24)20-43(21-46-32)30(44)23-16-25(33(36,37)38)19-26(17-23)34(39,40)41/h8,10-11,13-14,16-19,21-24,38H,5-7,9,12,15,20,25-33H2,1-4H3;2-9,16-17,19,29H,10-15,18,20-21H2,1H3/t;29-,32-/m.0/s1. The number of carbonyl (C=O) groups excluding carboxylic acids is 5. The molecular weight excluding hydrogens is 1270 g/mol. The van der Waals surface area contributed by atoms with Crippen molar-refractivity contribution in [2.45, 2.75) is 132 Å². The first-order chi connectivity index (χ1) is 46.9. The molecular formula is C77H91F7N6O8. The number of amides is 4. The largest absolute Gasteiger partial charge is 0.462 e. The van der Waals surface area contributed by atoms with Crippen LogP contribution in [0.25, 0.3) is 11.1 Å². The number of hydrogen-bond acceptors (Lipinski definition) is 10. The highest BCUT2D eigenvalue weighted by atomic mass is 19.4. The van der Waals surface area contributed by atoms with Crippen molar-refractivity contribution < 1.29 is 68.9 Å². The second-order valence-corrected chi connectivity index (χ2v) is 26.5. The smallest absolute Gasteiger partial charge is 0.416 e. The van der Waals surface area contributed by atoms with Gasteiger partial charge in [0.05, 0.1) is 30.2 Å². The van der Waals surface area contributed by atoms with Crippen molar-refractivity contribution in [1.82, 2.24) is 29.4 Å². The van der Waals surface area contributed by atoms with E-state index in [9.17, 15) is 54.7 Å². The molecule has 10 rings (SSSR count). The maximum atomic E-state index is 13.9. The summed E-state index contributed by atoms with van der Waals surface area (Å²) in [6.07, 6.45) is 0.631.